The van der Waals surface area contributed by atoms with E-state index in [0.717, 1.165) is 15.6 Å². The lowest BCUT2D eigenvalue weighted by atomic mass is 10.3. The van der Waals surface area contributed by atoms with Gasteiger partial charge >= 0.3 is 0 Å². The van der Waals surface area contributed by atoms with Crippen LogP contribution in [-0.4, -0.2) is 16.5 Å². The van der Waals surface area contributed by atoms with Gasteiger partial charge in [0.05, 0.1) is 16.1 Å². The van der Waals surface area contributed by atoms with Crippen molar-refractivity contribution in [2.75, 3.05) is 11.9 Å². The van der Waals surface area contributed by atoms with Crippen LogP contribution in [0.5, 0.6) is 0 Å². The Morgan fingerprint density at radius 3 is 2.62 bits per heavy atom. The fraction of sp³-hybridized carbons (Fsp3) is 0.200. The minimum atomic E-state index is 0.367. The third-order valence-corrected chi connectivity index (χ3v) is 3.80. The first-order chi connectivity index (χ1) is 7.61. The number of halogens is 3. The molecule has 0 spiro atoms. The molecule has 0 atom stereocenters. The van der Waals surface area contributed by atoms with E-state index in [2.05, 4.69) is 37.9 Å². The number of nitrogens with zero attached hydrogens (tertiary/aromatic N) is 2. The van der Waals surface area contributed by atoms with Gasteiger partial charge in [0.1, 0.15) is 0 Å². The van der Waals surface area contributed by atoms with Crippen LogP contribution in [0.4, 0.5) is 5.82 Å². The minimum absolute atomic E-state index is 0.367. The Morgan fingerprint density at radius 2 is 1.94 bits per heavy atom. The Labute approximate surface area is 117 Å². The molecule has 6 heteroatoms. The first-order valence-corrected chi connectivity index (χ1v) is 6.51. The zero-order valence-electron chi connectivity index (χ0n) is 8.39. The van der Waals surface area contributed by atoms with Crippen molar-refractivity contribution in [2.45, 2.75) is 6.92 Å². The number of aromatic nitrogens is 2. The standard InChI is InChI=1S/C10H8Cl2IN3/c1-2-14-10-9(12)15-7-3-5(11)6(13)4-8(7)16-10/h3-4H,2H2,1H3,(H,14,16). The summed E-state index contributed by atoms with van der Waals surface area (Å²) in [5.41, 5.74) is 1.49. The molecule has 2 rings (SSSR count). The molecule has 1 heterocycles. The summed E-state index contributed by atoms with van der Waals surface area (Å²) in [6.45, 7) is 2.73. The van der Waals surface area contributed by atoms with Crippen LogP contribution in [0.25, 0.3) is 11.0 Å². The Balaban J connectivity index is 2.65. The first kappa shape index (κ1) is 12.1. The van der Waals surface area contributed by atoms with Crippen LogP contribution in [0.3, 0.4) is 0 Å². The van der Waals surface area contributed by atoms with Crippen LogP contribution in [0, 0.1) is 3.57 Å². The molecule has 1 N–H and O–H groups in total. The Bertz CT molecular complexity index is 545. The molecule has 0 unspecified atom stereocenters. The highest BCUT2D eigenvalue weighted by atomic mass is 127. The van der Waals surface area contributed by atoms with Crippen LogP contribution in [0.15, 0.2) is 12.1 Å². The van der Waals surface area contributed by atoms with Gasteiger partial charge in [0.15, 0.2) is 11.0 Å². The average molecular weight is 368 g/mol. The zero-order valence-corrected chi connectivity index (χ0v) is 12.1. The normalized spacial score (nSPS) is 10.8. The smallest absolute Gasteiger partial charge is 0.172 e. The molecule has 0 fully saturated rings. The van der Waals surface area contributed by atoms with E-state index in [1.165, 1.54) is 0 Å². The number of nitrogens with one attached hydrogen (secondary N) is 1. The molecule has 84 valence electrons. The molecule has 0 aliphatic carbocycles. The maximum absolute atomic E-state index is 6.01. The van der Waals surface area contributed by atoms with Crippen molar-refractivity contribution in [1.29, 1.82) is 0 Å². The number of benzene rings is 1. The number of rotatable bonds is 2. The highest BCUT2D eigenvalue weighted by Crippen LogP contribution is 2.26. The molecular weight excluding hydrogens is 360 g/mol. The van der Waals surface area contributed by atoms with E-state index >= 15 is 0 Å². The van der Waals surface area contributed by atoms with Crippen molar-refractivity contribution in [1.82, 2.24) is 9.97 Å². The predicted molar refractivity (Wildman–Crippen MR) is 76.4 cm³/mol. The van der Waals surface area contributed by atoms with E-state index in [9.17, 15) is 0 Å². The molecule has 0 aliphatic heterocycles. The summed E-state index contributed by atoms with van der Waals surface area (Å²) in [5.74, 6) is 0.606. The van der Waals surface area contributed by atoms with Crippen LogP contribution < -0.4 is 5.32 Å². The van der Waals surface area contributed by atoms with Gasteiger partial charge in [-0.05, 0) is 41.6 Å². The van der Waals surface area contributed by atoms with Crippen LogP contribution in [-0.2, 0) is 0 Å². The summed E-state index contributed by atoms with van der Waals surface area (Å²) in [4.78, 5) is 8.65. The maximum atomic E-state index is 6.01. The molecule has 0 bridgehead atoms. The molecule has 0 radical (unpaired) electrons. The Morgan fingerprint density at radius 1 is 1.25 bits per heavy atom. The largest absolute Gasteiger partial charge is 0.368 e. The van der Waals surface area contributed by atoms with Gasteiger partial charge in [-0.25, -0.2) is 9.97 Å². The minimum Gasteiger partial charge on any atom is -0.368 e. The fourth-order valence-electron chi connectivity index (χ4n) is 1.31. The molecule has 0 saturated carbocycles. The highest BCUT2D eigenvalue weighted by Gasteiger charge is 2.08. The average Bonchev–Trinajstić information content (AvgIpc) is 2.23. The molecule has 0 amide bonds. The number of hydrogen-bond acceptors (Lipinski definition) is 3. The second-order valence-corrected chi connectivity index (χ2v) is 5.08. The third-order valence-electron chi connectivity index (χ3n) is 2.01. The summed E-state index contributed by atoms with van der Waals surface area (Å²) in [6.07, 6.45) is 0. The summed E-state index contributed by atoms with van der Waals surface area (Å²) in [5, 5.41) is 4.09. The molecule has 1 aromatic heterocycles. The summed E-state index contributed by atoms with van der Waals surface area (Å²) >= 11 is 14.2. The van der Waals surface area contributed by atoms with Crippen LogP contribution in [0.2, 0.25) is 10.2 Å². The number of anilines is 1. The highest BCUT2D eigenvalue weighted by molar-refractivity contribution is 14.1. The van der Waals surface area contributed by atoms with Gasteiger partial charge in [0, 0.05) is 10.1 Å². The fourth-order valence-corrected chi connectivity index (χ4v) is 2.12. The summed E-state index contributed by atoms with van der Waals surface area (Å²) in [7, 11) is 0. The van der Waals surface area contributed by atoms with E-state index < -0.39 is 0 Å². The molecule has 0 aliphatic rings. The van der Waals surface area contributed by atoms with Crippen molar-refractivity contribution < 1.29 is 0 Å². The van der Waals surface area contributed by atoms with Crippen LogP contribution in [0.1, 0.15) is 6.92 Å². The van der Waals surface area contributed by atoms with E-state index in [1.807, 2.05) is 13.0 Å². The summed E-state index contributed by atoms with van der Waals surface area (Å²) in [6, 6.07) is 3.66. The molecule has 1 aromatic carbocycles. The van der Waals surface area contributed by atoms with E-state index in [0.29, 0.717) is 21.5 Å². The lowest BCUT2D eigenvalue weighted by Gasteiger charge is -2.06. The first-order valence-electron chi connectivity index (χ1n) is 4.68. The van der Waals surface area contributed by atoms with E-state index in [1.54, 1.807) is 6.07 Å². The molecular formula is C10H8Cl2IN3. The van der Waals surface area contributed by atoms with Crippen molar-refractivity contribution >= 4 is 62.6 Å². The van der Waals surface area contributed by atoms with Crippen molar-refractivity contribution in [3.8, 4) is 0 Å². The van der Waals surface area contributed by atoms with Gasteiger partial charge in [-0.15, -0.1) is 0 Å². The van der Waals surface area contributed by atoms with Gasteiger partial charge < -0.3 is 5.32 Å². The molecule has 16 heavy (non-hydrogen) atoms. The van der Waals surface area contributed by atoms with Gasteiger partial charge in [-0.1, -0.05) is 23.2 Å². The lowest BCUT2D eigenvalue weighted by molar-refractivity contribution is 1.15. The lowest BCUT2D eigenvalue weighted by Crippen LogP contribution is -2.01. The Kier molecular flexibility index (Phi) is 3.71. The van der Waals surface area contributed by atoms with Crippen molar-refractivity contribution in [3.63, 3.8) is 0 Å². The SMILES string of the molecule is CCNc1nc2cc(I)c(Cl)cc2nc1Cl. The topological polar surface area (TPSA) is 37.8 Å². The molecule has 3 nitrogen and oxygen atoms in total. The second kappa shape index (κ2) is 4.89. The Hall–Kier alpha value is -0.330. The number of fused-ring (bicyclic) bond motifs is 1. The van der Waals surface area contributed by atoms with E-state index in [4.69, 9.17) is 23.2 Å². The monoisotopic (exact) mass is 367 g/mol. The van der Waals surface area contributed by atoms with Gasteiger partial charge in [-0.3, -0.25) is 0 Å². The number of hydrogen-bond donors (Lipinski definition) is 1. The molecule has 2 aromatic rings. The van der Waals surface area contributed by atoms with Gasteiger partial charge in [0.2, 0.25) is 0 Å². The predicted octanol–water partition coefficient (Wildman–Crippen LogP) is 3.97. The van der Waals surface area contributed by atoms with Gasteiger partial charge in [-0.2, -0.15) is 0 Å². The van der Waals surface area contributed by atoms with Crippen LogP contribution >= 0.6 is 45.8 Å². The van der Waals surface area contributed by atoms with E-state index in [-0.39, 0.29) is 0 Å². The van der Waals surface area contributed by atoms with Crippen molar-refractivity contribution in [2.24, 2.45) is 0 Å². The second-order valence-electron chi connectivity index (χ2n) is 3.15. The quantitative estimate of drug-likeness (QED) is 0.816. The van der Waals surface area contributed by atoms with Crippen molar-refractivity contribution in [3.05, 3.63) is 25.9 Å². The third kappa shape index (κ3) is 2.33. The maximum Gasteiger partial charge on any atom is 0.172 e. The van der Waals surface area contributed by atoms with Gasteiger partial charge in [0.25, 0.3) is 0 Å². The molecule has 0 saturated heterocycles. The summed E-state index contributed by atoms with van der Waals surface area (Å²) < 4.78 is 0.950. The zero-order chi connectivity index (χ0) is 11.7.